The molecule has 1 aliphatic rings. The summed E-state index contributed by atoms with van der Waals surface area (Å²) in [6.07, 6.45) is 2.44. The van der Waals surface area contributed by atoms with E-state index >= 15 is 0 Å². The molecule has 1 fully saturated rings. The zero-order valence-corrected chi connectivity index (χ0v) is 17.1. The van der Waals surface area contributed by atoms with E-state index in [0.29, 0.717) is 31.6 Å². The van der Waals surface area contributed by atoms with E-state index in [9.17, 15) is 13.2 Å². The average Bonchev–Trinajstić information content (AvgIpc) is 3.24. The van der Waals surface area contributed by atoms with E-state index in [2.05, 4.69) is 5.32 Å². The number of carbonyl (C=O) groups is 1. The van der Waals surface area contributed by atoms with Gasteiger partial charge >= 0.3 is 0 Å². The number of methoxy groups -OCH3 is 1. The molecule has 0 bridgehead atoms. The van der Waals surface area contributed by atoms with E-state index in [1.807, 2.05) is 25.1 Å². The number of nitrogens with one attached hydrogen (secondary N) is 1. The minimum absolute atomic E-state index is 0.225. The number of ether oxygens (including phenoxy) is 1. The molecule has 28 heavy (non-hydrogen) atoms. The van der Waals surface area contributed by atoms with Gasteiger partial charge < -0.3 is 10.1 Å². The van der Waals surface area contributed by atoms with Gasteiger partial charge in [-0.1, -0.05) is 17.7 Å². The van der Waals surface area contributed by atoms with Gasteiger partial charge in [-0.05, 0) is 62.1 Å². The maximum Gasteiger partial charge on any atom is 0.251 e. The van der Waals surface area contributed by atoms with Gasteiger partial charge in [-0.25, -0.2) is 8.42 Å². The lowest BCUT2D eigenvalue weighted by molar-refractivity contribution is 0.0954. The molecule has 1 amide bonds. The van der Waals surface area contributed by atoms with Gasteiger partial charge in [0.2, 0.25) is 10.0 Å². The van der Waals surface area contributed by atoms with Crippen LogP contribution in [0.2, 0.25) is 0 Å². The monoisotopic (exact) mass is 402 g/mol. The van der Waals surface area contributed by atoms with Crippen molar-refractivity contribution in [3.05, 3.63) is 59.2 Å². The molecule has 0 radical (unpaired) electrons. The summed E-state index contributed by atoms with van der Waals surface area (Å²) in [4.78, 5) is 12.6. The van der Waals surface area contributed by atoms with Crippen LogP contribution in [0.25, 0.3) is 0 Å². The van der Waals surface area contributed by atoms with Crippen LogP contribution in [-0.4, -0.2) is 45.4 Å². The summed E-state index contributed by atoms with van der Waals surface area (Å²) in [5, 5.41) is 2.88. The minimum Gasteiger partial charge on any atom is -0.496 e. The Hall–Kier alpha value is -2.38. The third kappa shape index (κ3) is 4.54. The number of sulfonamides is 1. The van der Waals surface area contributed by atoms with Crippen molar-refractivity contribution in [3.8, 4) is 5.75 Å². The Labute approximate surface area is 166 Å². The van der Waals surface area contributed by atoms with Crippen molar-refractivity contribution in [3.63, 3.8) is 0 Å². The Morgan fingerprint density at radius 1 is 1.11 bits per heavy atom. The van der Waals surface area contributed by atoms with Crippen LogP contribution in [0.4, 0.5) is 0 Å². The number of hydrogen-bond acceptors (Lipinski definition) is 4. The van der Waals surface area contributed by atoms with E-state index in [1.165, 1.54) is 16.4 Å². The van der Waals surface area contributed by atoms with E-state index in [0.717, 1.165) is 29.7 Å². The highest BCUT2D eigenvalue weighted by Crippen LogP contribution is 2.21. The molecule has 1 N–H and O–H groups in total. The second-order valence-electron chi connectivity index (χ2n) is 6.96. The van der Waals surface area contributed by atoms with Gasteiger partial charge in [-0.2, -0.15) is 4.31 Å². The van der Waals surface area contributed by atoms with Crippen molar-refractivity contribution >= 4 is 15.9 Å². The van der Waals surface area contributed by atoms with Crippen LogP contribution in [0.15, 0.2) is 47.4 Å². The van der Waals surface area contributed by atoms with Crippen LogP contribution in [0, 0.1) is 6.92 Å². The number of amides is 1. The first kappa shape index (κ1) is 20.4. The Kier molecular flexibility index (Phi) is 6.36. The van der Waals surface area contributed by atoms with E-state index in [4.69, 9.17) is 4.74 Å². The van der Waals surface area contributed by atoms with E-state index in [-0.39, 0.29) is 10.8 Å². The first-order valence-corrected chi connectivity index (χ1v) is 10.9. The zero-order valence-electron chi connectivity index (χ0n) is 16.3. The van der Waals surface area contributed by atoms with Gasteiger partial charge in [0.1, 0.15) is 5.75 Å². The molecule has 2 aromatic carbocycles. The fourth-order valence-corrected chi connectivity index (χ4v) is 4.89. The van der Waals surface area contributed by atoms with Gasteiger partial charge in [-0.15, -0.1) is 0 Å². The average molecular weight is 403 g/mol. The van der Waals surface area contributed by atoms with Crippen molar-refractivity contribution < 1.29 is 17.9 Å². The number of carbonyl (C=O) groups excluding carboxylic acids is 1. The first-order valence-electron chi connectivity index (χ1n) is 9.44. The van der Waals surface area contributed by atoms with E-state index < -0.39 is 10.0 Å². The quantitative estimate of drug-likeness (QED) is 0.773. The van der Waals surface area contributed by atoms with Gasteiger partial charge in [0, 0.05) is 25.2 Å². The summed E-state index contributed by atoms with van der Waals surface area (Å²) in [7, 11) is -1.83. The van der Waals surface area contributed by atoms with Gasteiger partial charge in [-0.3, -0.25) is 4.79 Å². The Balaban J connectivity index is 1.60. The summed E-state index contributed by atoms with van der Waals surface area (Å²) in [6.45, 7) is 3.60. The number of rotatable bonds is 7. The lowest BCUT2D eigenvalue weighted by atomic mass is 10.1. The standard InChI is InChI=1S/C21H26N2O4S/c1-16-5-10-20(27-2)18(15-16)11-12-22-21(24)17-6-8-19(9-7-17)28(25,26)23-13-3-4-14-23/h5-10,15H,3-4,11-14H2,1-2H3,(H,22,24). The van der Waals surface area contributed by atoms with Crippen LogP contribution in [0.3, 0.4) is 0 Å². The number of nitrogens with zero attached hydrogens (tertiary/aromatic N) is 1. The topological polar surface area (TPSA) is 75.7 Å². The van der Waals surface area contributed by atoms with Gasteiger partial charge in [0.15, 0.2) is 0 Å². The zero-order chi connectivity index (χ0) is 20.1. The highest BCUT2D eigenvalue weighted by molar-refractivity contribution is 7.89. The fourth-order valence-electron chi connectivity index (χ4n) is 3.37. The van der Waals surface area contributed by atoms with Crippen LogP contribution in [0.1, 0.15) is 34.3 Å². The van der Waals surface area contributed by atoms with Crippen molar-refractivity contribution in [1.82, 2.24) is 9.62 Å². The van der Waals surface area contributed by atoms with Crippen molar-refractivity contribution in [2.45, 2.75) is 31.1 Å². The SMILES string of the molecule is COc1ccc(C)cc1CCNC(=O)c1ccc(S(=O)(=O)N2CCCC2)cc1. The summed E-state index contributed by atoms with van der Waals surface area (Å²) >= 11 is 0. The van der Waals surface area contributed by atoms with Crippen molar-refractivity contribution in [1.29, 1.82) is 0 Å². The Bertz CT molecular complexity index is 933. The first-order chi connectivity index (χ1) is 13.4. The highest BCUT2D eigenvalue weighted by Gasteiger charge is 2.27. The van der Waals surface area contributed by atoms with Gasteiger partial charge in [0.25, 0.3) is 5.91 Å². The second-order valence-corrected chi connectivity index (χ2v) is 8.89. The molecular weight excluding hydrogens is 376 g/mol. The summed E-state index contributed by atoms with van der Waals surface area (Å²) < 4.78 is 31.9. The molecule has 0 saturated carbocycles. The normalized spacial score (nSPS) is 14.8. The van der Waals surface area contributed by atoms with Crippen LogP contribution >= 0.6 is 0 Å². The van der Waals surface area contributed by atoms with Crippen molar-refractivity contribution in [2.24, 2.45) is 0 Å². The lowest BCUT2D eigenvalue weighted by Crippen LogP contribution is -2.28. The molecule has 0 spiro atoms. The molecule has 150 valence electrons. The van der Waals surface area contributed by atoms with Gasteiger partial charge in [0.05, 0.1) is 12.0 Å². The summed E-state index contributed by atoms with van der Waals surface area (Å²) in [6, 6.07) is 12.1. The molecule has 2 aromatic rings. The van der Waals surface area contributed by atoms with Crippen LogP contribution in [0.5, 0.6) is 5.75 Å². The number of aryl methyl sites for hydroxylation is 1. The molecule has 3 rings (SSSR count). The molecular formula is C21H26N2O4S. The Morgan fingerprint density at radius 3 is 2.43 bits per heavy atom. The molecule has 0 atom stereocenters. The third-order valence-electron chi connectivity index (χ3n) is 4.94. The highest BCUT2D eigenvalue weighted by atomic mass is 32.2. The molecule has 7 heteroatoms. The molecule has 1 aliphatic heterocycles. The number of hydrogen-bond donors (Lipinski definition) is 1. The van der Waals surface area contributed by atoms with Crippen LogP contribution < -0.4 is 10.1 Å². The number of benzene rings is 2. The van der Waals surface area contributed by atoms with Crippen molar-refractivity contribution in [2.75, 3.05) is 26.7 Å². The molecule has 6 nitrogen and oxygen atoms in total. The predicted molar refractivity (Wildman–Crippen MR) is 108 cm³/mol. The minimum atomic E-state index is -3.46. The molecule has 1 saturated heterocycles. The maximum absolute atomic E-state index is 12.5. The van der Waals surface area contributed by atoms with E-state index in [1.54, 1.807) is 19.2 Å². The maximum atomic E-state index is 12.5. The third-order valence-corrected chi connectivity index (χ3v) is 6.85. The predicted octanol–water partition coefficient (Wildman–Crippen LogP) is 2.76. The smallest absolute Gasteiger partial charge is 0.251 e. The lowest BCUT2D eigenvalue weighted by Gasteiger charge is -2.15. The second kappa shape index (κ2) is 8.75. The fraction of sp³-hybridized carbons (Fsp3) is 0.381. The molecule has 0 aromatic heterocycles. The molecule has 0 aliphatic carbocycles. The summed E-state index contributed by atoms with van der Waals surface area (Å²) in [5.41, 5.74) is 2.61. The Morgan fingerprint density at radius 2 is 1.79 bits per heavy atom. The summed E-state index contributed by atoms with van der Waals surface area (Å²) in [5.74, 6) is 0.577. The largest absolute Gasteiger partial charge is 0.496 e. The molecule has 1 heterocycles. The molecule has 0 unspecified atom stereocenters. The van der Waals surface area contributed by atoms with Crippen LogP contribution in [-0.2, 0) is 16.4 Å².